The van der Waals surface area contributed by atoms with Gasteiger partial charge in [0.05, 0.1) is 11.0 Å². The Morgan fingerprint density at radius 2 is 1.74 bits per heavy atom. The van der Waals surface area contributed by atoms with E-state index in [-0.39, 0.29) is 5.00 Å². The average Bonchev–Trinajstić information content (AvgIpc) is 3.15. The summed E-state index contributed by atoms with van der Waals surface area (Å²) in [5.41, 5.74) is 1.76. The molecule has 0 aliphatic carbocycles. The van der Waals surface area contributed by atoms with Gasteiger partial charge in [-0.2, -0.15) is 0 Å². The van der Waals surface area contributed by atoms with E-state index in [9.17, 15) is 14.7 Å². The quantitative estimate of drug-likeness (QED) is 0.170. The highest BCUT2D eigenvalue weighted by molar-refractivity contribution is 9.09. The number of benzene rings is 1. The minimum absolute atomic E-state index is 0.113. The van der Waals surface area contributed by atoms with Gasteiger partial charge >= 0.3 is 12.7 Å². The molecule has 2 rings (SSSR count). The van der Waals surface area contributed by atoms with Crippen LogP contribution in [-0.4, -0.2) is 28.7 Å². The molecule has 0 bridgehead atoms. The fraction of sp³-hybridized carbons (Fsp3) is 0.375. The smallest absolute Gasteiger partial charge is 0.298 e. The maximum Gasteiger partial charge on any atom is 0.341 e. The van der Waals surface area contributed by atoms with Crippen molar-refractivity contribution in [3.05, 3.63) is 52.1 Å². The molecule has 27 heavy (non-hydrogen) atoms. The lowest BCUT2D eigenvalue weighted by Crippen LogP contribution is -2.27. The van der Waals surface area contributed by atoms with Gasteiger partial charge in [0.15, 0.2) is 0 Å². The molecule has 2 aromatic rings. The summed E-state index contributed by atoms with van der Waals surface area (Å²) in [6, 6.07) is 10.8. The molecule has 148 valence electrons. The SMILES string of the molecule is CC(OP(=O)(NCCBr)NCCBr)c1ccc(-c2ccc([N+](=O)[O-])s2)cc1. The molecule has 1 aromatic carbocycles. The summed E-state index contributed by atoms with van der Waals surface area (Å²) in [6.45, 7) is 2.86. The molecule has 0 spiro atoms. The van der Waals surface area contributed by atoms with Gasteiger partial charge in [-0.15, -0.1) is 0 Å². The summed E-state index contributed by atoms with van der Waals surface area (Å²) in [7, 11) is -3.18. The summed E-state index contributed by atoms with van der Waals surface area (Å²) >= 11 is 7.74. The standard InChI is InChI=1S/C16H20Br2N3O4PS/c1-12(25-26(24,19-10-8-17)20-11-9-18)13-2-4-14(5-3-13)15-6-7-16(27-15)21(22)23/h2-7,12H,8-11H2,1H3,(H2,19,20,24). The van der Waals surface area contributed by atoms with Gasteiger partial charge in [0, 0.05) is 34.7 Å². The first-order chi connectivity index (χ1) is 12.9. The third kappa shape index (κ3) is 6.74. The van der Waals surface area contributed by atoms with Gasteiger partial charge in [0.2, 0.25) is 0 Å². The first-order valence-electron chi connectivity index (χ1n) is 8.13. The Balaban J connectivity index is 2.09. The van der Waals surface area contributed by atoms with Crippen LogP contribution >= 0.6 is 50.9 Å². The average molecular weight is 541 g/mol. The second-order valence-electron chi connectivity index (χ2n) is 5.51. The summed E-state index contributed by atoms with van der Waals surface area (Å²) in [5, 5.41) is 18.1. The Hall–Kier alpha value is -0.610. The van der Waals surface area contributed by atoms with E-state index < -0.39 is 18.7 Å². The Kier molecular flexibility index (Phi) is 9.07. The fourth-order valence-electron chi connectivity index (χ4n) is 2.29. The third-order valence-corrected chi connectivity index (χ3v) is 7.34. The van der Waals surface area contributed by atoms with Crippen molar-refractivity contribution in [1.29, 1.82) is 0 Å². The zero-order valence-corrected chi connectivity index (χ0v) is 19.4. The molecular formula is C16H20Br2N3O4PS. The van der Waals surface area contributed by atoms with E-state index in [1.165, 1.54) is 6.07 Å². The van der Waals surface area contributed by atoms with Crippen molar-refractivity contribution in [2.75, 3.05) is 23.7 Å². The van der Waals surface area contributed by atoms with Gasteiger partial charge < -0.3 is 0 Å². The van der Waals surface area contributed by atoms with Crippen LogP contribution in [0.5, 0.6) is 0 Å². The largest absolute Gasteiger partial charge is 0.341 e. The number of halogens is 2. The van der Waals surface area contributed by atoms with Crippen molar-refractivity contribution < 1.29 is 14.0 Å². The molecule has 1 unspecified atom stereocenters. The number of hydrogen-bond acceptors (Lipinski definition) is 5. The normalized spacial score (nSPS) is 12.9. The molecular weight excluding hydrogens is 521 g/mol. The second kappa shape index (κ2) is 10.8. The third-order valence-electron chi connectivity index (χ3n) is 3.57. The van der Waals surface area contributed by atoms with E-state index in [0.29, 0.717) is 23.7 Å². The molecule has 1 atom stereocenters. The van der Waals surface area contributed by atoms with E-state index in [2.05, 4.69) is 42.0 Å². The first-order valence-corrected chi connectivity index (χ1v) is 12.8. The lowest BCUT2D eigenvalue weighted by atomic mass is 10.1. The highest BCUT2D eigenvalue weighted by Gasteiger charge is 2.25. The first kappa shape index (κ1) is 22.7. The lowest BCUT2D eigenvalue weighted by Gasteiger charge is -2.24. The number of thiophene rings is 1. The van der Waals surface area contributed by atoms with Crippen molar-refractivity contribution >= 4 is 55.9 Å². The molecule has 1 heterocycles. The van der Waals surface area contributed by atoms with Gasteiger partial charge in [-0.1, -0.05) is 67.5 Å². The molecule has 0 fully saturated rings. The predicted molar refractivity (Wildman–Crippen MR) is 117 cm³/mol. The van der Waals surface area contributed by atoms with Crippen LogP contribution in [0.15, 0.2) is 36.4 Å². The summed E-state index contributed by atoms with van der Waals surface area (Å²) in [4.78, 5) is 11.3. The maximum absolute atomic E-state index is 12.9. The topological polar surface area (TPSA) is 93.5 Å². The molecule has 0 saturated carbocycles. The van der Waals surface area contributed by atoms with E-state index in [1.807, 2.05) is 31.2 Å². The zero-order chi connectivity index (χ0) is 19.9. The molecule has 0 aliphatic rings. The highest BCUT2D eigenvalue weighted by Crippen LogP contribution is 2.43. The van der Waals surface area contributed by atoms with Gasteiger partial charge in [0.1, 0.15) is 0 Å². The van der Waals surface area contributed by atoms with Crippen LogP contribution < -0.4 is 10.2 Å². The van der Waals surface area contributed by atoms with Crippen molar-refractivity contribution in [3.8, 4) is 10.4 Å². The highest BCUT2D eigenvalue weighted by atomic mass is 79.9. The lowest BCUT2D eigenvalue weighted by molar-refractivity contribution is -0.380. The van der Waals surface area contributed by atoms with Crippen LogP contribution in [0.4, 0.5) is 5.00 Å². The molecule has 0 aliphatic heterocycles. The van der Waals surface area contributed by atoms with Crippen molar-refractivity contribution in [2.24, 2.45) is 0 Å². The van der Waals surface area contributed by atoms with E-state index in [1.54, 1.807) is 6.07 Å². The second-order valence-corrected chi connectivity index (χ2v) is 10.1. The minimum Gasteiger partial charge on any atom is -0.298 e. The summed E-state index contributed by atoms with van der Waals surface area (Å²) in [5.74, 6) is 0. The summed E-state index contributed by atoms with van der Waals surface area (Å²) in [6.07, 6.45) is -0.395. The van der Waals surface area contributed by atoms with Crippen LogP contribution in [0.25, 0.3) is 10.4 Å². The van der Waals surface area contributed by atoms with Crippen molar-refractivity contribution in [1.82, 2.24) is 10.2 Å². The van der Waals surface area contributed by atoms with Gasteiger partial charge in [-0.05, 0) is 24.1 Å². The zero-order valence-electron chi connectivity index (χ0n) is 14.6. The Morgan fingerprint density at radius 3 is 2.22 bits per heavy atom. The van der Waals surface area contributed by atoms with Crippen LogP contribution in [0, 0.1) is 10.1 Å². The predicted octanol–water partition coefficient (Wildman–Crippen LogP) is 5.48. The number of nitro groups is 1. The van der Waals surface area contributed by atoms with Crippen LogP contribution in [0.2, 0.25) is 0 Å². The molecule has 2 N–H and O–H groups in total. The number of rotatable bonds is 11. The summed E-state index contributed by atoms with van der Waals surface area (Å²) < 4.78 is 18.7. The fourth-order valence-corrected chi connectivity index (χ4v) is 5.77. The van der Waals surface area contributed by atoms with Gasteiger partial charge in [-0.3, -0.25) is 19.2 Å². The molecule has 7 nitrogen and oxygen atoms in total. The van der Waals surface area contributed by atoms with E-state index >= 15 is 0 Å². The van der Waals surface area contributed by atoms with Crippen molar-refractivity contribution in [3.63, 3.8) is 0 Å². The van der Waals surface area contributed by atoms with E-state index in [4.69, 9.17) is 4.52 Å². The molecule has 0 amide bonds. The van der Waals surface area contributed by atoms with E-state index in [0.717, 1.165) is 27.3 Å². The van der Waals surface area contributed by atoms with Gasteiger partial charge in [0.25, 0.3) is 0 Å². The number of hydrogen-bond donors (Lipinski definition) is 2. The Bertz CT molecular complexity index is 791. The monoisotopic (exact) mass is 539 g/mol. The minimum atomic E-state index is -3.18. The van der Waals surface area contributed by atoms with Crippen molar-refractivity contribution in [2.45, 2.75) is 13.0 Å². The molecule has 0 radical (unpaired) electrons. The Morgan fingerprint density at radius 1 is 1.15 bits per heavy atom. The van der Waals surface area contributed by atoms with Gasteiger partial charge in [-0.25, -0.2) is 10.2 Å². The Labute approximate surface area is 178 Å². The molecule has 0 saturated heterocycles. The van der Waals surface area contributed by atoms with Crippen LogP contribution in [-0.2, 0) is 9.09 Å². The number of nitrogens with one attached hydrogen (secondary N) is 2. The molecule has 11 heteroatoms. The molecule has 1 aromatic heterocycles. The number of alkyl halides is 2. The number of nitrogens with zero attached hydrogens (tertiary/aromatic N) is 1. The van der Waals surface area contributed by atoms with Crippen LogP contribution in [0.1, 0.15) is 18.6 Å². The van der Waals surface area contributed by atoms with Crippen LogP contribution in [0.3, 0.4) is 0 Å². The maximum atomic E-state index is 12.9.